The highest BCUT2D eigenvalue weighted by Crippen LogP contribution is 2.77. The summed E-state index contributed by atoms with van der Waals surface area (Å²) in [5.41, 5.74) is 0. The SMILES string of the molecule is O=P(Cl)(Cl)C12CC3CC(CC(C3)C1)C2. The van der Waals surface area contributed by atoms with Crippen molar-refractivity contribution in [2.45, 2.75) is 43.7 Å². The summed E-state index contributed by atoms with van der Waals surface area (Å²) in [6, 6.07) is 0. The van der Waals surface area contributed by atoms with Crippen molar-refractivity contribution in [1.29, 1.82) is 0 Å². The summed E-state index contributed by atoms with van der Waals surface area (Å²) in [6.07, 6.45) is 7.11. The van der Waals surface area contributed by atoms with Crippen LogP contribution >= 0.6 is 28.3 Å². The predicted octanol–water partition coefficient (Wildman–Crippen LogP) is 4.63. The summed E-state index contributed by atoms with van der Waals surface area (Å²) >= 11 is 11.9. The standard InChI is InChI=1S/C10H15Cl2OP/c11-14(12,13)10-4-7-1-8(5-10)3-9(2-7)6-10/h7-9H,1-6H2. The molecular formula is C10H15Cl2OP. The van der Waals surface area contributed by atoms with E-state index in [-0.39, 0.29) is 5.16 Å². The second-order valence-corrected chi connectivity index (χ2v) is 10.9. The van der Waals surface area contributed by atoms with E-state index in [1.807, 2.05) is 0 Å². The molecule has 4 rings (SSSR count). The van der Waals surface area contributed by atoms with Gasteiger partial charge in [-0.25, -0.2) is 0 Å². The van der Waals surface area contributed by atoms with E-state index in [0.717, 1.165) is 37.0 Å². The maximum atomic E-state index is 12.0. The summed E-state index contributed by atoms with van der Waals surface area (Å²) in [4.78, 5) is 0. The van der Waals surface area contributed by atoms with Crippen molar-refractivity contribution >= 4 is 28.3 Å². The largest absolute Gasteiger partial charge is 0.289 e. The Morgan fingerprint density at radius 1 is 0.929 bits per heavy atom. The fraction of sp³-hybridized carbons (Fsp3) is 1.00. The van der Waals surface area contributed by atoms with E-state index >= 15 is 0 Å². The molecule has 4 fully saturated rings. The number of halogens is 2. The van der Waals surface area contributed by atoms with Gasteiger partial charge in [0.25, 0.3) is 5.85 Å². The molecular weight excluding hydrogens is 238 g/mol. The molecule has 0 atom stereocenters. The molecule has 0 radical (unpaired) electrons. The summed E-state index contributed by atoms with van der Waals surface area (Å²) < 4.78 is 12.0. The Hall–Kier alpha value is 0.810. The Morgan fingerprint density at radius 2 is 1.29 bits per heavy atom. The second kappa shape index (κ2) is 2.93. The van der Waals surface area contributed by atoms with E-state index in [0.29, 0.717) is 0 Å². The molecule has 0 saturated heterocycles. The van der Waals surface area contributed by atoms with Crippen molar-refractivity contribution in [3.63, 3.8) is 0 Å². The lowest BCUT2D eigenvalue weighted by Crippen LogP contribution is -2.48. The number of hydrogen-bond donors (Lipinski definition) is 0. The minimum Gasteiger partial charge on any atom is -0.289 e. The molecule has 0 unspecified atom stereocenters. The van der Waals surface area contributed by atoms with Gasteiger partial charge < -0.3 is 0 Å². The third kappa shape index (κ3) is 1.32. The van der Waals surface area contributed by atoms with E-state index in [1.54, 1.807) is 0 Å². The summed E-state index contributed by atoms with van der Waals surface area (Å²) in [5.74, 6) is -0.609. The summed E-state index contributed by atoms with van der Waals surface area (Å²) in [7, 11) is 0. The van der Waals surface area contributed by atoms with Crippen LogP contribution in [0, 0.1) is 17.8 Å². The van der Waals surface area contributed by atoms with Crippen molar-refractivity contribution < 1.29 is 4.57 Å². The zero-order valence-corrected chi connectivity index (χ0v) is 10.5. The van der Waals surface area contributed by atoms with Crippen molar-refractivity contribution in [3.05, 3.63) is 0 Å². The van der Waals surface area contributed by atoms with Crippen LogP contribution < -0.4 is 0 Å². The summed E-state index contributed by atoms with van der Waals surface area (Å²) in [5, 5.41) is -0.176. The molecule has 1 nitrogen and oxygen atoms in total. The fourth-order valence-electron chi connectivity index (χ4n) is 4.38. The van der Waals surface area contributed by atoms with Crippen molar-refractivity contribution in [2.24, 2.45) is 17.8 Å². The van der Waals surface area contributed by atoms with E-state index in [2.05, 4.69) is 0 Å². The van der Waals surface area contributed by atoms with Gasteiger partial charge in [0.2, 0.25) is 0 Å². The van der Waals surface area contributed by atoms with Gasteiger partial charge in [0.05, 0.1) is 5.16 Å². The molecule has 80 valence electrons. The van der Waals surface area contributed by atoms with Gasteiger partial charge in [-0.2, -0.15) is 0 Å². The Labute approximate surface area is 94.5 Å². The quantitative estimate of drug-likeness (QED) is 0.623. The van der Waals surface area contributed by atoms with Gasteiger partial charge in [-0.15, -0.1) is 0 Å². The molecule has 4 heteroatoms. The smallest absolute Gasteiger partial charge is 0.259 e. The van der Waals surface area contributed by atoms with Gasteiger partial charge in [-0.1, -0.05) is 0 Å². The Kier molecular flexibility index (Phi) is 2.09. The molecule has 4 aliphatic rings. The molecule has 4 saturated carbocycles. The van der Waals surface area contributed by atoms with Gasteiger partial charge >= 0.3 is 0 Å². The average molecular weight is 253 g/mol. The predicted molar refractivity (Wildman–Crippen MR) is 60.2 cm³/mol. The number of rotatable bonds is 1. The highest BCUT2D eigenvalue weighted by atomic mass is 35.9. The summed E-state index contributed by atoms with van der Waals surface area (Å²) in [6.45, 7) is 0. The minimum absolute atomic E-state index is 0.176. The van der Waals surface area contributed by atoms with Crippen molar-refractivity contribution in [1.82, 2.24) is 0 Å². The first-order valence-electron chi connectivity index (χ1n) is 5.48. The van der Waals surface area contributed by atoms with Gasteiger partial charge in [0.15, 0.2) is 0 Å². The molecule has 0 heterocycles. The lowest BCUT2D eigenvalue weighted by Gasteiger charge is -2.56. The van der Waals surface area contributed by atoms with Crippen molar-refractivity contribution in [2.75, 3.05) is 0 Å². The van der Waals surface area contributed by atoms with Crippen LogP contribution in [0.3, 0.4) is 0 Å². The van der Waals surface area contributed by atoms with E-state index in [1.165, 1.54) is 19.3 Å². The third-order valence-corrected chi connectivity index (χ3v) is 8.36. The van der Waals surface area contributed by atoms with Crippen LogP contribution in [0.15, 0.2) is 0 Å². The van der Waals surface area contributed by atoms with Crippen molar-refractivity contribution in [3.8, 4) is 0 Å². The monoisotopic (exact) mass is 252 g/mol. The fourth-order valence-corrected chi connectivity index (χ4v) is 7.04. The molecule has 0 aromatic rings. The second-order valence-electron chi connectivity index (χ2n) is 5.60. The Morgan fingerprint density at radius 3 is 1.57 bits per heavy atom. The average Bonchev–Trinajstić information content (AvgIpc) is 1.98. The Balaban J connectivity index is 1.99. The zero-order chi connectivity index (χ0) is 9.97. The topological polar surface area (TPSA) is 17.1 Å². The molecule has 0 spiro atoms. The first kappa shape index (κ1) is 10.00. The molecule has 0 aromatic heterocycles. The Bertz CT molecular complexity index is 274. The highest BCUT2D eigenvalue weighted by Gasteiger charge is 2.58. The zero-order valence-electron chi connectivity index (χ0n) is 8.09. The maximum absolute atomic E-state index is 12.0. The van der Waals surface area contributed by atoms with E-state index < -0.39 is 5.85 Å². The number of hydrogen-bond acceptors (Lipinski definition) is 1. The molecule has 0 aromatic carbocycles. The lowest BCUT2D eigenvalue weighted by atomic mass is 9.56. The van der Waals surface area contributed by atoms with Crippen LogP contribution in [-0.4, -0.2) is 5.16 Å². The van der Waals surface area contributed by atoms with E-state index in [9.17, 15) is 4.57 Å². The van der Waals surface area contributed by atoms with Crippen LogP contribution in [0.25, 0.3) is 0 Å². The van der Waals surface area contributed by atoms with E-state index in [4.69, 9.17) is 22.5 Å². The third-order valence-electron chi connectivity index (χ3n) is 4.56. The van der Waals surface area contributed by atoms with Gasteiger partial charge in [0.1, 0.15) is 0 Å². The molecule has 0 amide bonds. The minimum atomic E-state index is -2.92. The lowest BCUT2D eigenvalue weighted by molar-refractivity contribution is 0.0347. The maximum Gasteiger partial charge on any atom is 0.259 e. The van der Waals surface area contributed by atoms with Gasteiger partial charge in [-0.3, -0.25) is 4.57 Å². The highest BCUT2D eigenvalue weighted by molar-refractivity contribution is 8.09. The molecule has 4 aliphatic carbocycles. The van der Waals surface area contributed by atoms with Gasteiger partial charge in [0, 0.05) is 0 Å². The molecule has 14 heavy (non-hydrogen) atoms. The first-order valence-corrected chi connectivity index (χ1v) is 9.00. The molecule has 4 bridgehead atoms. The normalized spacial score (nSPS) is 51.1. The van der Waals surface area contributed by atoms with Crippen LogP contribution in [0.1, 0.15) is 38.5 Å². The van der Waals surface area contributed by atoms with Crippen LogP contribution in [0.4, 0.5) is 0 Å². The first-order chi connectivity index (χ1) is 6.48. The van der Waals surface area contributed by atoms with Crippen LogP contribution in [0.5, 0.6) is 0 Å². The van der Waals surface area contributed by atoms with Crippen LogP contribution in [-0.2, 0) is 4.57 Å². The van der Waals surface area contributed by atoms with Crippen LogP contribution in [0.2, 0.25) is 0 Å². The molecule has 0 N–H and O–H groups in total. The molecule has 0 aliphatic heterocycles. The van der Waals surface area contributed by atoms with Gasteiger partial charge in [-0.05, 0) is 78.8 Å².